The third-order valence-corrected chi connectivity index (χ3v) is 1.76. The van der Waals surface area contributed by atoms with Crippen molar-refractivity contribution in [3.8, 4) is 0 Å². The molecular weight excluding hydrogens is 112 g/mol. The van der Waals surface area contributed by atoms with Crippen molar-refractivity contribution in [3.63, 3.8) is 0 Å². The van der Waals surface area contributed by atoms with Gasteiger partial charge in [-0.2, -0.15) is 0 Å². The largest absolute Gasteiger partial charge is 0.378 e. The van der Waals surface area contributed by atoms with Crippen molar-refractivity contribution in [2.45, 2.75) is 39.2 Å². The second kappa shape index (κ2) is 3.21. The molecule has 0 aromatic heterocycles. The highest BCUT2D eigenvalue weighted by Crippen LogP contribution is 2.18. The van der Waals surface area contributed by atoms with E-state index in [2.05, 4.69) is 13.8 Å². The first-order valence-corrected chi connectivity index (χ1v) is 3.90. The molecule has 1 heteroatoms. The minimum absolute atomic E-state index is 0.588. The summed E-state index contributed by atoms with van der Waals surface area (Å²) < 4.78 is 5.46. The summed E-state index contributed by atoms with van der Waals surface area (Å²) >= 11 is 0. The number of rotatable bonds is 2. The Labute approximate surface area is 57.4 Å². The molecule has 0 saturated carbocycles. The molecule has 1 saturated heterocycles. The van der Waals surface area contributed by atoms with Gasteiger partial charge in [-0.1, -0.05) is 13.8 Å². The molecule has 1 heterocycles. The van der Waals surface area contributed by atoms with Crippen molar-refractivity contribution >= 4 is 0 Å². The average molecular weight is 128 g/mol. The van der Waals surface area contributed by atoms with Gasteiger partial charge in [0.1, 0.15) is 0 Å². The monoisotopic (exact) mass is 128 g/mol. The van der Waals surface area contributed by atoms with Gasteiger partial charge in [0.15, 0.2) is 0 Å². The molecule has 0 N–H and O–H groups in total. The molecule has 0 unspecified atom stereocenters. The molecule has 9 heavy (non-hydrogen) atoms. The van der Waals surface area contributed by atoms with Crippen LogP contribution < -0.4 is 0 Å². The molecule has 1 nitrogen and oxygen atoms in total. The van der Waals surface area contributed by atoms with Crippen LogP contribution in [0.5, 0.6) is 0 Å². The van der Waals surface area contributed by atoms with Crippen LogP contribution in [0.25, 0.3) is 0 Å². The van der Waals surface area contributed by atoms with E-state index in [4.69, 9.17) is 4.74 Å². The van der Waals surface area contributed by atoms with Gasteiger partial charge < -0.3 is 4.74 Å². The fraction of sp³-hybridized carbons (Fsp3) is 1.00. The predicted molar refractivity (Wildman–Crippen MR) is 38.4 cm³/mol. The Morgan fingerprint density at radius 2 is 2.33 bits per heavy atom. The fourth-order valence-corrected chi connectivity index (χ4v) is 1.36. The van der Waals surface area contributed by atoms with Gasteiger partial charge >= 0.3 is 0 Å². The maximum Gasteiger partial charge on any atom is 0.0578 e. The molecular formula is C8H16O. The van der Waals surface area contributed by atoms with Gasteiger partial charge in [0.2, 0.25) is 0 Å². The Balaban J connectivity index is 2.11. The SMILES string of the molecule is CC(C)C[C@H]1CCCO1. The Morgan fingerprint density at radius 1 is 1.56 bits per heavy atom. The molecule has 1 atom stereocenters. The minimum atomic E-state index is 0.588. The normalized spacial score (nSPS) is 27.7. The summed E-state index contributed by atoms with van der Waals surface area (Å²) in [5.41, 5.74) is 0. The molecule has 1 aliphatic heterocycles. The van der Waals surface area contributed by atoms with E-state index in [1.807, 2.05) is 0 Å². The number of hydrogen-bond acceptors (Lipinski definition) is 1. The van der Waals surface area contributed by atoms with Crippen LogP contribution in [0.15, 0.2) is 0 Å². The van der Waals surface area contributed by atoms with Gasteiger partial charge in [0.05, 0.1) is 6.10 Å². The maximum absolute atomic E-state index is 5.46. The van der Waals surface area contributed by atoms with Crippen LogP contribution in [-0.2, 0) is 4.74 Å². The highest BCUT2D eigenvalue weighted by atomic mass is 16.5. The molecule has 0 aromatic carbocycles. The predicted octanol–water partition coefficient (Wildman–Crippen LogP) is 2.21. The van der Waals surface area contributed by atoms with Crippen molar-refractivity contribution < 1.29 is 4.74 Å². The number of hydrogen-bond donors (Lipinski definition) is 0. The van der Waals surface area contributed by atoms with Gasteiger partial charge in [0.25, 0.3) is 0 Å². The quantitative estimate of drug-likeness (QED) is 0.554. The highest BCUT2D eigenvalue weighted by Gasteiger charge is 2.15. The zero-order valence-corrected chi connectivity index (χ0v) is 6.39. The van der Waals surface area contributed by atoms with Crippen molar-refractivity contribution in [1.29, 1.82) is 0 Å². The maximum atomic E-state index is 5.46. The molecule has 0 aliphatic carbocycles. The molecule has 1 aliphatic rings. The molecule has 0 radical (unpaired) electrons. The summed E-state index contributed by atoms with van der Waals surface area (Å²) in [6.45, 7) is 5.50. The van der Waals surface area contributed by atoms with Crippen LogP contribution >= 0.6 is 0 Å². The molecule has 1 fully saturated rings. The first kappa shape index (κ1) is 7.07. The van der Waals surface area contributed by atoms with E-state index < -0.39 is 0 Å². The van der Waals surface area contributed by atoms with E-state index in [0.717, 1.165) is 12.5 Å². The van der Waals surface area contributed by atoms with Crippen LogP contribution in [-0.4, -0.2) is 12.7 Å². The number of ether oxygens (including phenoxy) is 1. The van der Waals surface area contributed by atoms with E-state index in [1.165, 1.54) is 19.3 Å². The van der Waals surface area contributed by atoms with Crippen LogP contribution in [0.2, 0.25) is 0 Å². The molecule has 54 valence electrons. The smallest absolute Gasteiger partial charge is 0.0578 e. The van der Waals surface area contributed by atoms with Crippen LogP contribution in [0.1, 0.15) is 33.1 Å². The highest BCUT2D eigenvalue weighted by molar-refractivity contribution is 4.65. The lowest BCUT2D eigenvalue weighted by Gasteiger charge is -2.10. The standard InChI is InChI=1S/C8H16O/c1-7(2)6-8-4-3-5-9-8/h7-8H,3-6H2,1-2H3/t8-/m1/s1. The van der Waals surface area contributed by atoms with Gasteiger partial charge in [-0.15, -0.1) is 0 Å². The van der Waals surface area contributed by atoms with Gasteiger partial charge in [-0.25, -0.2) is 0 Å². The van der Waals surface area contributed by atoms with E-state index in [0.29, 0.717) is 6.10 Å². The molecule has 0 amide bonds. The summed E-state index contributed by atoms with van der Waals surface area (Å²) in [6, 6.07) is 0. The lowest BCUT2D eigenvalue weighted by Crippen LogP contribution is -2.07. The third kappa shape index (κ3) is 2.35. The average Bonchev–Trinajstić information content (AvgIpc) is 2.15. The van der Waals surface area contributed by atoms with Gasteiger partial charge in [-0.05, 0) is 25.2 Å². The fourth-order valence-electron chi connectivity index (χ4n) is 1.36. The summed E-state index contributed by atoms with van der Waals surface area (Å²) in [6.07, 6.45) is 4.40. The summed E-state index contributed by atoms with van der Waals surface area (Å²) in [7, 11) is 0. The molecule has 0 bridgehead atoms. The lowest BCUT2D eigenvalue weighted by atomic mass is 10.0. The third-order valence-electron chi connectivity index (χ3n) is 1.76. The summed E-state index contributed by atoms with van der Waals surface area (Å²) in [4.78, 5) is 0. The zero-order valence-electron chi connectivity index (χ0n) is 6.39. The first-order chi connectivity index (χ1) is 4.29. The van der Waals surface area contributed by atoms with Crippen molar-refractivity contribution in [3.05, 3.63) is 0 Å². The van der Waals surface area contributed by atoms with E-state index in [9.17, 15) is 0 Å². The van der Waals surface area contributed by atoms with E-state index >= 15 is 0 Å². The Hall–Kier alpha value is -0.0400. The minimum Gasteiger partial charge on any atom is -0.378 e. The van der Waals surface area contributed by atoms with Crippen molar-refractivity contribution in [2.24, 2.45) is 5.92 Å². The summed E-state index contributed by atoms with van der Waals surface area (Å²) in [5.74, 6) is 0.799. The summed E-state index contributed by atoms with van der Waals surface area (Å²) in [5, 5.41) is 0. The van der Waals surface area contributed by atoms with Crippen molar-refractivity contribution in [1.82, 2.24) is 0 Å². The molecule has 1 rings (SSSR count). The van der Waals surface area contributed by atoms with E-state index in [1.54, 1.807) is 0 Å². The van der Waals surface area contributed by atoms with Crippen molar-refractivity contribution in [2.75, 3.05) is 6.61 Å². The zero-order chi connectivity index (χ0) is 6.69. The lowest BCUT2D eigenvalue weighted by molar-refractivity contribution is 0.0939. The second-order valence-corrected chi connectivity index (χ2v) is 3.26. The Kier molecular flexibility index (Phi) is 2.52. The van der Waals surface area contributed by atoms with Crippen LogP contribution in [0, 0.1) is 5.92 Å². The molecule has 0 spiro atoms. The van der Waals surface area contributed by atoms with Gasteiger partial charge in [-0.3, -0.25) is 0 Å². The van der Waals surface area contributed by atoms with E-state index in [-0.39, 0.29) is 0 Å². The van der Waals surface area contributed by atoms with Crippen LogP contribution in [0.3, 0.4) is 0 Å². The Morgan fingerprint density at radius 3 is 2.78 bits per heavy atom. The second-order valence-electron chi connectivity index (χ2n) is 3.26. The topological polar surface area (TPSA) is 9.23 Å². The first-order valence-electron chi connectivity index (χ1n) is 3.90. The Bertz CT molecular complexity index is 72.6. The van der Waals surface area contributed by atoms with Gasteiger partial charge in [0, 0.05) is 6.61 Å². The molecule has 0 aromatic rings. The van der Waals surface area contributed by atoms with Crippen LogP contribution in [0.4, 0.5) is 0 Å².